The van der Waals surface area contributed by atoms with Crippen LogP contribution in [-0.4, -0.2) is 41.4 Å². The monoisotopic (exact) mass is 717 g/mol. The molecule has 4 heterocycles. The van der Waals surface area contributed by atoms with Crippen molar-refractivity contribution in [2.24, 2.45) is 5.92 Å². The van der Waals surface area contributed by atoms with Crippen molar-refractivity contribution in [3.05, 3.63) is 95.0 Å². The minimum Gasteiger partial charge on any atom is -0.317 e. The summed E-state index contributed by atoms with van der Waals surface area (Å²) in [6.07, 6.45) is 11.1. The minimum atomic E-state index is -4.81. The maximum atomic E-state index is 16.3. The summed E-state index contributed by atoms with van der Waals surface area (Å²) < 4.78 is 73.2. The van der Waals surface area contributed by atoms with E-state index in [2.05, 4.69) is 26.7 Å². The summed E-state index contributed by atoms with van der Waals surface area (Å²) in [7, 11) is -4.81. The first-order chi connectivity index (χ1) is 24.2. The normalized spacial score (nSPS) is 21.7. The van der Waals surface area contributed by atoms with Gasteiger partial charge >= 0.3 is 0 Å². The second-order valence-corrected chi connectivity index (χ2v) is 16.0. The van der Waals surface area contributed by atoms with Crippen LogP contribution in [0.1, 0.15) is 61.4 Å². The molecule has 0 spiro atoms. The molecule has 2 aromatic carbocycles. The van der Waals surface area contributed by atoms with Crippen molar-refractivity contribution in [3.8, 4) is 21.8 Å². The van der Waals surface area contributed by atoms with E-state index < -0.39 is 38.1 Å². The Kier molecular flexibility index (Phi) is 8.56. The van der Waals surface area contributed by atoms with Crippen LogP contribution < -0.4 is 15.4 Å². The maximum Gasteiger partial charge on any atom is 0.267 e. The van der Waals surface area contributed by atoms with Crippen molar-refractivity contribution in [2.45, 2.75) is 61.2 Å². The Balaban J connectivity index is 1.10. The van der Waals surface area contributed by atoms with Gasteiger partial charge in [0.25, 0.3) is 10.0 Å². The first-order valence-electron chi connectivity index (χ1n) is 16.7. The molecule has 3 N–H and O–H groups in total. The number of rotatable bonds is 9. The van der Waals surface area contributed by atoms with Crippen LogP contribution in [0.4, 0.5) is 30.6 Å². The van der Waals surface area contributed by atoms with Gasteiger partial charge in [-0.3, -0.25) is 4.72 Å². The predicted octanol–water partition coefficient (Wildman–Crippen LogP) is 7.92. The molecule has 3 aliphatic carbocycles. The molecular weight excluding hydrogens is 684 g/mol. The molecule has 0 radical (unpaired) electrons. The van der Waals surface area contributed by atoms with Gasteiger partial charge in [0.2, 0.25) is 5.95 Å². The van der Waals surface area contributed by atoms with Crippen LogP contribution in [-0.2, 0) is 15.4 Å². The van der Waals surface area contributed by atoms with Crippen LogP contribution >= 0.6 is 11.3 Å². The van der Waals surface area contributed by atoms with Gasteiger partial charge in [0.1, 0.15) is 22.5 Å². The summed E-state index contributed by atoms with van der Waals surface area (Å²) in [6, 6.07) is 12.6. The fraction of sp³-hybridized carbons (Fsp3) is 0.333. The highest BCUT2D eigenvalue weighted by Crippen LogP contribution is 2.66. The van der Waals surface area contributed by atoms with Crippen LogP contribution in [0.25, 0.3) is 21.8 Å². The highest BCUT2D eigenvalue weighted by molar-refractivity contribution is 7.92. The van der Waals surface area contributed by atoms with E-state index in [0.29, 0.717) is 39.9 Å². The first-order valence-corrected chi connectivity index (χ1v) is 19.0. The zero-order valence-corrected chi connectivity index (χ0v) is 28.6. The Hall–Kier alpha value is -4.40. The van der Waals surface area contributed by atoms with E-state index >= 15 is 4.39 Å². The average Bonchev–Trinajstić information content (AvgIpc) is 3.45. The number of pyridine rings is 1. The van der Waals surface area contributed by atoms with Gasteiger partial charge in [-0.25, -0.2) is 41.5 Å². The standard InChI is InChI=1S/C36H34F3N7O2S2/c37-25-7-4-8-26(38)33(25)50(47,48)46-27-9-3-6-24(30(27)39)31-32(49-34(45-31)36-17-21(18-36)19-36)28-13-16-41-35(43-28)44-29-11-10-23(20-42-29)22-5-1-2-14-40-15-12-22/h3-4,6-11,13,16,20-22,40,46H,1-2,5,12,14-15,17-19H2,(H,41,42,43,44). The van der Waals surface area contributed by atoms with Gasteiger partial charge in [-0.2, -0.15) is 0 Å². The van der Waals surface area contributed by atoms with Gasteiger partial charge in [0.05, 0.1) is 22.0 Å². The SMILES string of the molecule is O=S(=O)(Nc1cccc(-c2nc(C34CC(C3)C4)sc2-c2ccnc(Nc3ccc(C4CCCCNCC4)cn3)n2)c1F)c1c(F)cccc1F. The molecular formula is C36H34F3N7O2S2. The first kappa shape index (κ1) is 32.8. The van der Waals surface area contributed by atoms with Gasteiger partial charge in [-0.15, -0.1) is 11.3 Å². The van der Waals surface area contributed by atoms with Crippen molar-refractivity contribution in [2.75, 3.05) is 23.1 Å². The second kappa shape index (κ2) is 13.1. The number of nitrogens with zero attached hydrogens (tertiary/aromatic N) is 4. The number of thiazole rings is 1. The number of hydrogen-bond donors (Lipinski definition) is 3. The van der Waals surface area contributed by atoms with Crippen molar-refractivity contribution >= 4 is 38.8 Å². The molecule has 1 unspecified atom stereocenters. The van der Waals surface area contributed by atoms with Crippen molar-refractivity contribution in [1.82, 2.24) is 25.3 Å². The molecule has 3 saturated carbocycles. The lowest BCUT2D eigenvalue weighted by molar-refractivity contribution is -0.0274. The summed E-state index contributed by atoms with van der Waals surface area (Å²) >= 11 is 1.44. The maximum absolute atomic E-state index is 16.3. The fourth-order valence-corrected chi connectivity index (χ4v) is 9.74. The summed E-state index contributed by atoms with van der Waals surface area (Å²) in [5, 5.41) is 7.55. The van der Waals surface area contributed by atoms with E-state index in [1.54, 1.807) is 12.3 Å². The molecule has 258 valence electrons. The molecule has 3 aromatic heterocycles. The third-order valence-electron chi connectivity index (χ3n) is 10.0. The molecule has 9 nitrogen and oxygen atoms in total. The molecule has 1 aliphatic heterocycles. The molecule has 14 heteroatoms. The number of benzene rings is 2. The number of nitrogens with one attached hydrogen (secondary N) is 3. The zero-order chi connectivity index (χ0) is 34.5. The van der Waals surface area contributed by atoms with Crippen molar-refractivity contribution < 1.29 is 21.6 Å². The molecule has 9 rings (SSSR count). The molecule has 0 amide bonds. The number of hydrogen-bond acceptors (Lipinski definition) is 9. The molecule has 5 aromatic rings. The lowest BCUT2D eigenvalue weighted by Crippen LogP contribution is -2.55. The minimum absolute atomic E-state index is 0.0260. The molecule has 4 fully saturated rings. The van der Waals surface area contributed by atoms with Crippen molar-refractivity contribution in [3.63, 3.8) is 0 Å². The Bertz CT molecular complexity index is 2130. The molecule has 50 heavy (non-hydrogen) atoms. The van der Waals surface area contributed by atoms with Crippen LogP contribution in [0.5, 0.6) is 0 Å². The lowest BCUT2D eigenvalue weighted by atomic mass is 9.45. The zero-order valence-electron chi connectivity index (χ0n) is 26.9. The Morgan fingerprint density at radius 3 is 2.42 bits per heavy atom. The average molecular weight is 718 g/mol. The van der Waals surface area contributed by atoms with Gasteiger partial charge < -0.3 is 10.6 Å². The number of aromatic nitrogens is 4. The fourth-order valence-electron chi connectivity index (χ4n) is 7.27. The van der Waals surface area contributed by atoms with E-state index in [1.807, 2.05) is 17.0 Å². The van der Waals surface area contributed by atoms with Crippen molar-refractivity contribution in [1.29, 1.82) is 0 Å². The van der Waals surface area contributed by atoms with E-state index in [4.69, 9.17) is 9.97 Å². The highest BCUT2D eigenvalue weighted by Gasteiger charge is 2.59. The third kappa shape index (κ3) is 6.13. The number of sulfonamides is 1. The summed E-state index contributed by atoms with van der Waals surface area (Å²) in [5.41, 5.74) is 1.52. The second-order valence-electron chi connectivity index (χ2n) is 13.4. The van der Waals surface area contributed by atoms with E-state index in [-0.39, 0.29) is 11.0 Å². The van der Waals surface area contributed by atoms with Crippen LogP contribution in [0, 0.1) is 23.4 Å². The summed E-state index contributed by atoms with van der Waals surface area (Å²) in [6.45, 7) is 2.06. The Labute approximate surface area is 291 Å². The molecule has 2 bridgehead atoms. The predicted molar refractivity (Wildman–Crippen MR) is 186 cm³/mol. The smallest absolute Gasteiger partial charge is 0.267 e. The van der Waals surface area contributed by atoms with Crippen LogP contribution in [0.3, 0.4) is 0 Å². The van der Waals surface area contributed by atoms with E-state index in [1.165, 1.54) is 47.9 Å². The van der Waals surface area contributed by atoms with E-state index in [9.17, 15) is 17.2 Å². The Morgan fingerprint density at radius 1 is 0.880 bits per heavy atom. The Morgan fingerprint density at radius 2 is 1.68 bits per heavy atom. The lowest BCUT2D eigenvalue weighted by Gasteiger charge is -2.60. The number of anilines is 3. The van der Waals surface area contributed by atoms with Gasteiger partial charge in [-0.05, 0) is 105 Å². The molecule has 1 saturated heterocycles. The van der Waals surface area contributed by atoms with Crippen LogP contribution in [0.2, 0.25) is 0 Å². The third-order valence-corrected chi connectivity index (χ3v) is 12.8. The quantitative estimate of drug-likeness (QED) is 0.141. The molecule has 1 atom stereocenters. The van der Waals surface area contributed by atoms with Crippen LogP contribution in [0.15, 0.2) is 71.9 Å². The summed E-state index contributed by atoms with van der Waals surface area (Å²) in [5.74, 6) is -1.48. The molecule has 4 aliphatic rings. The highest BCUT2D eigenvalue weighted by atomic mass is 32.2. The summed E-state index contributed by atoms with van der Waals surface area (Å²) in [4.78, 5) is 18.2. The van der Waals surface area contributed by atoms with Gasteiger partial charge in [0, 0.05) is 23.4 Å². The van der Waals surface area contributed by atoms with Gasteiger partial charge in [0.15, 0.2) is 10.7 Å². The number of halogens is 3. The van der Waals surface area contributed by atoms with Gasteiger partial charge in [-0.1, -0.05) is 24.6 Å². The van der Waals surface area contributed by atoms with E-state index in [0.717, 1.165) is 68.4 Å². The largest absolute Gasteiger partial charge is 0.317 e. The topological polar surface area (TPSA) is 122 Å².